The molecule has 0 bridgehead atoms. The second-order valence-electron chi connectivity index (χ2n) is 5.24. The van der Waals surface area contributed by atoms with E-state index in [0.29, 0.717) is 46.0 Å². The molecule has 21 heavy (non-hydrogen) atoms. The van der Waals surface area contributed by atoms with Gasteiger partial charge in [-0.1, -0.05) is 6.92 Å². The molecule has 0 spiro atoms. The molecule has 0 aromatic heterocycles. The van der Waals surface area contributed by atoms with Gasteiger partial charge in [-0.3, -0.25) is 4.79 Å². The number of hydrogen-bond donors (Lipinski definition) is 2. The molecule has 0 rings (SSSR count). The molecule has 6 nitrogen and oxygen atoms in total. The average Bonchev–Trinajstić information content (AvgIpc) is 2.47. The summed E-state index contributed by atoms with van der Waals surface area (Å²) in [4.78, 5) is 11.3. The highest BCUT2D eigenvalue weighted by atomic mass is 16.5. The van der Waals surface area contributed by atoms with E-state index in [4.69, 9.17) is 14.2 Å². The topological polar surface area (TPSA) is 77.0 Å². The fraction of sp³-hybridized carbons (Fsp3) is 0.933. The summed E-state index contributed by atoms with van der Waals surface area (Å²) in [5.41, 5.74) is -0.858. The maximum Gasteiger partial charge on any atom is 0.323 e. The lowest BCUT2D eigenvalue weighted by molar-refractivity contribution is -0.144. The van der Waals surface area contributed by atoms with Gasteiger partial charge in [0.15, 0.2) is 0 Å². The first kappa shape index (κ1) is 20.3. The number of carboxylic acid groups (broad SMARTS) is 1. The molecule has 0 fully saturated rings. The molecular weight excluding hydrogens is 274 g/mol. The maximum atomic E-state index is 11.3. The lowest BCUT2D eigenvalue weighted by Gasteiger charge is -2.26. The maximum absolute atomic E-state index is 11.3. The van der Waals surface area contributed by atoms with Gasteiger partial charge in [0.2, 0.25) is 0 Å². The fourth-order valence-corrected chi connectivity index (χ4v) is 1.81. The number of carboxylic acids is 1. The zero-order valence-corrected chi connectivity index (χ0v) is 13.7. The number of hydrogen-bond acceptors (Lipinski definition) is 5. The normalized spacial score (nSPS) is 14.0. The summed E-state index contributed by atoms with van der Waals surface area (Å²) < 4.78 is 15.7. The minimum atomic E-state index is -0.858. The monoisotopic (exact) mass is 305 g/mol. The molecule has 0 heterocycles. The van der Waals surface area contributed by atoms with Gasteiger partial charge < -0.3 is 24.6 Å². The Morgan fingerprint density at radius 1 is 1.10 bits per heavy atom. The Labute approximate surface area is 128 Å². The number of rotatable bonds is 15. The first-order chi connectivity index (χ1) is 10.1. The third kappa shape index (κ3) is 10.6. The predicted molar refractivity (Wildman–Crippen MR) is 81.7 cm³/mol. The zero-order chi connectivity index (χ0) is 16.0. The molecule has 1 unspecified atom stereocenters. The minimum absolute atomic E-state index is 0.562. The van der Waals surface area contributed by atoms with E-state index >= 15 is 0 Å². The first-order valence-corrected chi connectivity index (χ1v) is 7.69. The van der Waals surface area contributed by atoms with Gasteiger partial charge in [-0.25, -0.2) is 0 Å². The first-order valence-electron chi connectivity index (χ1n) is 7.69. The fourth-order valence-electron chi connectivity index (χ4n) is 1.81. The lowest BCUT2D eigenvalue weighted by atomic mass is 9.96. The van der Waals surface area contributed by atoms with Crippen LogP contribution in [0.4, 0.5) is 0 Å². The average molecular weight is 305 g/mol. The smallest absolute Gasteiger partial charge is 0.323 e. The van der Waals surface area contributed by atoms with E-state index in [1.54, 1.807) is 14.0 Å². The van der Waals surface area contributed by atoms with Crippen LogP contribution in [0.1, 0.15) is 39.5 Å². The van der Waals surface area contributed by atoms with Crippen molar-refractivity contribution in [3.05, 3.63) is 0 Å². The molecule has 126 valence electrons. The minimum Gasteiger partial charge on any atom is -0.480 e. The second-order valence-corrected chi connectivity index (χ2v) is 5.24. The molecule has 0 aromatic carbocycles. The van der Waals surface area contributed by atoms with Crippen molar-refractivity contribution < 1.29 is 24.1 Å². The molecule has 0 aliphatic rings. The van der Waals surface area contributed by atoms with Crippen molar-refractivity contribution in [1.82, 2.24) is 5.32 Å². The largest absolute Gasteiger partial charge is 0.480 e. The van der Waals surface area contributed by atoms with Crippen LogP contribution in [0.25, 0.3) is 0 Å². The molecular formula is C15H31NO5. The third-order valence-electron chi connectivity index (χ3n) is 3.21. The summed E-state index contributed by atoms with van der Waals surface area (Å²) in [6.07, 6.45) is 3.05. The van der Waals surface area contributed by atoms with Crippen LogP contribution in [0.5, 0.6) is 0 Å². The number of nitrogens with one attached hydrogen (secondary N) is 1. The quantitative estimate of drug-likeness (QED) is 0.448. The van der Waals surface area contributed by atoms with E-state index in [9.17, 15) is 9.90 Å². The molecule has 2 N–H and O–H groups in total. The van der Waals surface area contributed by atoms with Crippen molar-refractivity contribution in [2.45, 2.75) is 45.1 Å². The van der Waals surface area contributed by atoms with Crippen molar-refractivity contribution in [2.75, 3.05) is 46.7 Å². The van der Waals surface area contributed by atoms with Crippen molar-refractivity contribution in [3.63, 3.8) is 0 Å². The Morgan fingerprint density at radius 3 is 2.29 bits per heavy atom. The van der Waals surface area contributed by atoms with E-state index in [1.165, 1.54) is 0 Å². The molecule has 1 atom stereocenters. The van der Waals surface area contributed by atoms with Crippen LogP contribution in [0.3, 0.4) is 0 Å². The summed E-state index contributed by atoms with van der Waals surface area (Å²) in [6, 6.07) is 0. The zero-order valence-electron chi connectivity index (χ0n) is 13.7. The number of carbonyl (C=O) groups is 1. The third-order valence-corrected chi connectivity index (χ3v) is 3.21. The van der Waals surface area contributed by atoms with Crippen molar-refractivity contribution >= 4 is 5.97 Å². The highest BCUT2D eigenvalue weighted by molar-refractivity contribution is 5.78. The van der Waals surface area contributed by atoms with Gasteiger partial charge in [0.1, 0.15) is 5.54 Å². The second kappa shape index (κ2) is 13.0. The van der Waals surface area contributed by atoms with Crippen LogP contribution < -0.4 is 5.32 Å². The number of ether oxygens (including phenoxy) is 3. The van der Waals surface area contributed by atoms with Crippen LogP contribution in [0.15, 0.2) is 0 Å². The van der Waals surface area contributed by atoms with E-state index in [0.717, 1.165) is 19.3 Å². The Balaban J connectivity index is 3.56. The van der Waals surface area contributed by atoms with Gasteiger partial charge in [-0.15, -0.1) is 0 Å². The lowest BCUT2D eigenvalue weighted by Crippen LogP contribution is -2.49. The molecule has 0 amide bonds. The van der Waals surface area contributed by atoms with Gasteiger partial charge in [0.05, 0.1) is 13.2 Å². The van der Waals surface area contributed by atoms with Crippen LogP contribution in [-0.4, -0.2) is 63.3 Å². The molecule has 0 saturated heterocycles. The molecule has 0 saturated carbocycles. The highest BCUT2D eigenvalue weighted by Crippen LogP contribution is 2.13. The highest BCUT2D eigenvalue weighted by Gasteiger charge is 2.31. The summed E-state index contributed by atoms with van der Waals surface area (Å²) >= 11 is 0. The van der Waals surface area contributed by atoms with Gasteiger partial charge in [0.25, 0.3) is 0 Å². The molecule has 6 heteroatoms. The number of methoxy groups -OCH3 is 1. The van der Waals surface area contributed by atoms with Gasteiger partial charge >= 0.3 is 5.97 Å². The van der Waals surface area contributed by atoms with E-state index in [1.807, 2.05) is 6.92 Å². The van der Waals surface area contributed by atoms with Gasteiger partial charge in [0, 0.05) is 26.9 Å². The van der Waals surface area contributed by atoms with Crippen LogP contribution in [0.2, 0.25) is 0 Å². The van der Waals surface area contributed by atoms with Crippen molar-refractivity contribution in [1.29, 1.82) is 0 Å². The molecule has 0 aliphatic carbocycles. The summed E-state index contributed by atoms with van der Waals surface area (Å²) in [5.74, 6) is -0.803. The van der Waals surface area contributed by atoms with Gasteiger partial charge in [-0.2, -0.15) is 0 Å². The van der Waals surface area contributed by atoms with Gasteiger partial charge in [-0.05, 0) is 39.2 Å². The Morgan fingerprint density at radius 2 is 1.71 bits per heavy atom. The Kier molecular flexibility index (Phi) is 12.6. The predicted octanol–water partition coefficient (Wildman–Crippen LogP) is 1.68. The molecule has 0 aromatic rings. The van der Waals surface area contributed by atoms with E-state index < -0.39 is 11.5 Å². The summed E-state index contributed by atoms with van der Waals surface area (Å²) in [5, 5.41) is 12.4. The standard InChI is InChI=1S/C15H31NO5/c1-4-8-16-15(2,14(17)18)7-5-9-20-10-6-11-21-13-12-19-3/h16H,4-13H2,1-3H3,(H,17,18). The molecule has 0 radical (unpaired) electrons. The summed E-state index contributed by atoms with van der Waals surface area (Å²) in [7, 11) is 1.65. The number of aliphatic carboxylic acids is 1. The van der Waals surface area contributed by atoms with E-state index in [2.05, 4.69) is 5.32 Å². The Bertz CT molecular complexity index is 262. The SMILES string of the molecule is CCCNC(C)(CCCOCCCOCCOC)C(=O)O. The molecule has 0 aliphatic heterocycles. The van der Waals surface area contributed by atoms with Crippen molar-refractivity contribution in [2.24, 2.45) is 0 Å². The summed E-state index contributed by atoms with van der Waals surface area (Å²) in [6.45, 7) is 7.56. The van der Waals surface area contributed by atoms with Crippen LogP contribution in [0, 0.1) is 0 Å². The van der Waals surface area contributed by atoms with Crippen molar-refractivity contribution in [3.8, 4) is 0 Å². The Hall–Kier alpha value is -0.690. The van der Waals surface area contributed by atoms with Crippen LogP contribution >= 0.6 is 0 Å². The van der Waals surface area contributed by atoms with E-state index in [-0.39, 0.29) is 0 Å². The van der Waals surface area contributed by atoms with Crippen LogP contribution in [-0.2, 0) is 19.0 Å².